The lowest BCUT2D eigenvalue weighted by molar-refractivity contribution is -0.111. The number of hydrogen-bond donors (Lipinski definition) is 0. The van der Waals surface area contributed by atoms with Crippen LogP contribution in [0.15, 0.2) is 30.6 Å². The summed E-state index contributed by atoms with van der Waals surface area (Å²) in [6, 6.07) is 3.11. The number of aldehydes is 1. The van der Waals surface area contributed by atoms with Gasteiger partial charge >= 0.3 is 0 Å². The van der Waals surface area contributed by atoms with Gasteiger partial charge in [0, 0.05) is 11.8 Å². The van der Waals surface area contributed by atoms with Gasteiger partial charge in [0.2, 0.25) is 0 Å². The molecule has 4 rings (SSSR count). The fourth-order valence-corrected chi connectivity index (χ4v) is 2.85. The molecule has 0 aliphatic heterocycles. The van der Waals surface area contributed by atoms with Crippen LogP contribution in [0.25, 0.3) is 22.2 Å². The highest BCUT2D eigenvalue weighted by atomic mass is 19.2. The second-order valence-corrected chi connectivity index (χ2v) is 5.94. The smallest absolute Gasteiger partial charge is 0.194 e. The van der Waals surface area contributed by atoms with Gasteiger partial charge < -0.3 is 4.79 Å². The predicted molar refractivity (Wildman–Crippen MR) is 80.7 cm³/mol. The van der Waals surface area contributed by atoms with Crippen molar-refractivity contribution in [3.05, 3.63) is 48.0 Å². The Bertz CT molecular complexity index is 926. The third-order valence-electron chi connectivity index (χ3n) is 4.29. The topological polar surface area (TPSA) is 47.8 Å². The number of hydrogen-bond acceptors (Lipinski definition) is 3. The molecule has 0 unspecified atom stereocenters. The van der Waals surface area contributed by atoms with E-state index in [1.165, 1.54) is 6.20 Å². The zero-order chi connectivity index (χ0) is 16.8. The summed E-state index contributed by atoms with van der Waals surface area (Å²) in [6.45, 7) is 0. The lowest BCUT2D eigenvalue weighted by atomic mass is 10.1. The number of halogens is 3. The summed E-state index contributed by atoms with van der Waals surface area (Å²) in [6.07, 6.45) is 5.77. The van der Waals surface area contributed by atoms with E-state index in [0.717, 1.165) is 31.3 Å². The molecule has 1 aliphatic rings. The van der Waals surface area contributed by atoms with Crippen molar-refractivity contribution >= 4 is 17.3 Å². The van der Waals surface area contributed by atoms with E-state index in [9.17, 15) is 18.0 Å². The van der Waals surface area contributed by atoms with Crippen LogP contribution in [0.1, 0.15) is 18.9 Å². The maximum Gasteiger partial charge on any atom is 0.194 e. The number of fused-ring (bicyclic) bond motifs is 1. The normalized spacial score (nSPS) is 15.6. The summed E-state index contributed by atoms with van der Waals surface area (Å²) in [5.41, 5.74) is 1.76. The zero-order valence-corrected chi connectivity index (χ0v) is 12.4. The Kier molecular flexibility index (Phi) is 3.37. The average Bonchev–Trinajstić information content (AvgIpc) is 3.33. The third kappa shape index (κ3) is 2.36. The summed E-state index contributed by atoms with van der Waals surface area (Å²) in [5.74, 6) is -3.77. The molecule has 1 saturated carbocycles. The van der Waals surface area contributed by atoms with Crippen molar-refractivity contribution in [1.29, 1.82) is 0 Å². The Hall–Kier alpha value is -2.70. The first-order chi connectivity index (χ1) is 11.6. The van der Waals surface area contributed by atoms with Gasteiger partial charge in [-0.25, -0.2) is 13.2 Å². The van der Waals surface area contributed by atoms with Crippen molar-refractivity contribution in [2.24, 2.45) is 5.92 Å². The molecule has 2 heterocycles. The first-order valence-electron chi connectivity index (χ1n) is 7.52. The molecule has 0 amide bonds. The van der Waals surface area contributed by atoms with Crippen LogP contribution in [0.3, 0.4) is 0 Å². The lowest BCUT2D eigenvalue weighted by Gasteiger charge is -2.11. The van der Waals surface area contributed by atoms with Gasteiger partial charge in [0.15, 0.2) is 17.5 Å². The summed E-state index contributed by atoms with van der Waals surface area (Å²) < 4.78 is 41.6. The maximum absolute atomic E-state index is 13.5. The van der Waals surface area contributed by atoms with E-state index >= 15 is 0 Å². The standard InChI is InChI=1S/C17H12F3N3O/c18-12-3-10(4-13(19)17(12)20)11-5-15-14(21-6-11)7-22-23(15)16(8-24)9-1-2-9/h3-9,16H,1-2H2/t16-/m1/s1. The average molecular weight is 331 g/mol. The van der Waals surface area contributed by atoms with E-state index in [-0.39, 0.29) is 17.5 Å². The van der Waals surface area contributed by atoms with E-state index in [0.29, 0.717) is 16.6 Å². The SMILES string of the molecule is O=C[C@H](C1CC1)n1ncc2ncc(-c3cc(F)c(F)c(F)c3)cc21. The van der Waals surface area contributed by atoms with Crippen molar-refractivity contribution in [1.82, 2.24) is 14.8 Å². The van der Waals surface area contributed by atoms with E-state index in [4.69, 9.17) is 0 Å². The minimum atomic E-state index is -1.51. The molecule has 0 saturated heterocycles. The second kappa shape index (κ2) is 5.43. The number of carbonyl (C=O) groups excluding carboxylic acids is 1. The van der Waals surface area contributed by atoms with Gasteiger partial charge in [-0.3, -0.25) is 9.67 Å². The number of rotatable bonds is 4. The van der Waals surface area contributed by atoms with Crippen LogP contribution in [0.4, 0.5) is 13.2 Å². The fraction of sp³-hybridized carbons (Fsp3) is 0.235. The summed E-state index contributed by atoms with van der Waals surface area (Å²) in [4.78, 5) is 15.6. The van der Waals surface area contributed by atoms with Crippen molar-refractivity contribution < 1.29 is 18.0 Å². The Morgan fingerprint density at radius 3 is 2.42 bits per heavy atom. The van der Waals surface area contributed by atoms with Crippen LogP contribution < -0.4 is 0 Å². The molecule has 0 N–H and O–H groups in total. The molecular formula is C17H12F3N3O. The summed E-state index contributed by atoms with van der Waals surface area (Å²) in [7, 11) is 0. The molecule has 0 spiro atoms. The summed E-state index contributed by atoms with van der Waals surface area (Å²) in [5, 5.41) is 4.23. The quantitative estimate of drug-likeness (QED) is 0.541. The Morgan fingerprint density at radius 2 is 1.79 bits per heavy atom. The van der Waals surface area contributed by atoms with Crippen LogP contribution in [0.2, 0.25) is 0 Å². The minimum absolute atomic E-state index is 0.169. The zero-order valence-electron chi connectivity index (χ0n) is 12.4. The van der Waals surface area contributed by atoms with Gasteiger partial charge in [0.1, 0.15) is 17.8 Å². The molecule has 1 fully saturated rings. The summed E-state index contributed by atoms with van der Waals surface area (Å²) >= 11 is 0. The minimum Gasteiger partial charge on any atom is -0.301 e. The van der Waals surface area contributed by atoms with Gasteiger partial charge in [-0.2, -0.15) is 5.10 Å². The van der Waals surface area contributed by atoms with Gasteiger partial charge in [-0.15, -0.1) is 0 Å². The molecule has 7 heteroatoms. The molecular weight excluding hydrogens is 319 g/mol. The number of carbonyl (C=O) groups is 1. The molecule has 122 valence electrons. The molecule has 1 atom stereocenters. The molecule has 0 radical (unpaired) electrons. The van der Waals surface area contributed by atoms with Crippen LogP contribution in [-0.2, 0) is 4.79 Å². The van der Waals surface area contributed by atoms with Gasteiger partial charge in [0.25, 0.3) is 0 Å². The van der Waals surface area contributed by atoms with E-state index < -0.39 is 17.5 Å². The molecule has 2 aromatic heterocycles. The molecule has 1 aliphatic carbocycles. The van der Waals surface area contributed by atoms with Gasteiger partial charge in [-0.1, -0.05) is 0 Å². The number of nitrogens with zero attached hydrogens (tertiary/aromatic N) is 3. The van der Waals surface area contributed by atoms with Gasteiger partial charge in [0.05, 0.1) is 11.7 Å². The number of pyridine rings is 1. The highest BCUT2D eigenvalue weighted by Crippen LogP contribution is 2.39. The van der Waals surface area contributed by atoms with Crippen molar-refractivity contribution in [3.8, 4) is 11.1 Å². The molecule has 24 heavy (non-hydrogen) atoms. The number of aromatic nitrogens is 3. The Balaban J connectivity index is 1.84. The van der Waals surface area contributed by atoms with Crippen LogP contribution in [0.5, 0.6) is 0 Å². The molecule has 0 bridgehead atoms. The van der Waals surface area contributed by atoms with Crippen LogP contribution >= 0.6 is 0 Å². The highest BCUT2D eigenvalue weighted by molar-refractivity contribution is 5.81. The maximum atomic E-state index is 13.5. The van der Waals surface area contributed by atoms with Crippen LogP contribution in [0, 0.1) is 23.4 Å². The molecule has 1 aromatic carbocycles. The fourth-order valence-electron chi connectivity index (χ4n) is 2.85. The Morgan fingerprint density at radius 1 is 1.08 bits per heavy atom. The first-order valence-corrected chi connectivity index (χ1v) is 7.52. The van der Waals surface area contributed by atoms with Gasteiger partial charge in [-0.05, 0) is 42.5 Å². The van der Waals surface area contributed by atoms with E-state index in [2.05, 4.69) is 10.1 Å². The van der Waals surface area contributed by atoms with Crippen molar-refractivity contribution in [2.45, 2.75) is 18.9 Å². The number of benzene rings is 1. The van der Waals surface area contributed by atoms with E-state index in [1.54, 1.807) is 16.9 Å². The molecule has 3 aromatic rings. The third-order valence-corrected chi connectivity index (χ3v) is 4.29. The molecule has 4 nitrogen and oxygen atoms in total. The van der Waals surface area contributed by atoms with Crippen molar-refractivity contribution in [3.63, 3.8) is 0 Å². The monoisotopic (exact) mass is 331 g/mol. The highest BCUT2D eigenvalue weighted by Gasteiger charge is 2.33. The lowest BCUT2D eigenvalue weighted by Crippen LogP contribution is -2.13. The predicted octanol–water partition coefficient (Wildman–Crippen LogP) is 3.67. The van der Waals surface area contributed by atoms with E-state index in [1.807, 2.05) is 0 Å². The van der Waals surface area contributed by atoms with Crippen LogP contribution in [-0.4, -0.2) is 21.1 Å². The first kappa shape index (κ1) is 14.9. The largest absolute Gasteiger partial charge is 0.301 e. The Labute approximate surface area is 134 Å². The second-order valence-electron chi connectivity index (χ2n) is 5.94. The van der Waals surface area contributed by atoms with Crippen molar-refractivity contribution in [2.75, 3.05) is 0 Å².